The van der Waals surface area contributed by atoms with Gasteiger partial charge in [0.2, 0.25) is 5.95 Å². The van der Waals surface area contributed by atoms with Crippen LogP contribution in [0.5, 0.6) is 0 Å². The zero-order valence-electron chi connectivity index (χ0n) is 10.3. The van der Waals surface area contributed by atoms with E-state index in [-0.39, 0.29) is 4.99 Å². The lowest BCUT2D eigenvalue weighted by Crippen LogP contribution is -2.15. The molecule has 2 aromatic heterocycles. The minimum absolute atomic E-state index is 0.288. The van der Waals surface area contributed by atoms with Gasteiger partial charge in [0, 0.05) is 17.1 Å². The molecule has 4 nitrogen and oxygen atoms in total. The molecule has 2 heterocycles. The average molecular weight is 357 g/mol. The van der Waals surface area contributed by atoms with Gasteiger partial charge >= 0.3 is 0 Å². The molecule has 0 spiro atoms. The summed E-state index contributed by atoms with van der Waals surface area (Å²) in [6.45, 7) is 2.66. The molecule has 0 atom stereocenters. The molecule has 0 bridgehead atoms. The molecular formula is C12H13BrN4S2. The highest BCUT2D eigenvalue weighted by molar-refractivity contribution is 9.11. The van der Waals surface area contributed by atoms with Crippen molar-refractivity contribution in [1.82, 2.24) is 9.97 Å². The lowest BCUT2D eigenvalue weighted by atomic mass is 10.3. The molecule has 0 aliphatic heterocycles. The second-order valence-corrected chi connectivity index (χ2v) is 6.95. The van der Waals surface area contributed by atoms with Crippen molar-refractivity contribution in [1.29, 1.82) is 0 Å². The second kappa shape index (κ2) is 6.40. The molecule has 0 fully saturated rings. The number of nitrogens with two attached hydrogens (primary N) is 1. The summed E-state index contributed by atoms with van der Waals surface area (Å²) in [4.78, 5) is 10.2. The minimum atomic E-state index is 0.288. The molecule has 19 heavy (non-hydrogen) atoms. The number of hydrogen-bond acceptors (Lipinski definition) is 5. The summed E-state index contributed by atoms with van der Waals surface area (Å²) >= 11 is 10.1. The Kier molecular flexibility index (Phi) is 4.84. The average Bonchev–Trinajstić information content (AvgIpc) is 2.74. The third kappa shape index (κ3) is 4.22. The normalized spacial score (nSPS) is 10.4. The summed E-state index contributed by atoms with van der Waals surface area (Å²) in [7, 11) is 0. The molecule has 0 saturated heterocycles. The molecule has 100 valence electrons. The number of thiophene rings is 1. The van der Waals surface area contributed by atoms with Gasteiger partial charge in [0.05, 0.1) is 3.79 Å². The van der Waals surface area contributed by atoms with E-state index in [4.69, 9.17) is 18.0 Å². The number of aromatic nitrogens is 2. The lowest BCUT2D eigenvalue weighted by molar-refractivity contribution is 0.985. The highest BCUT2D eigenvalue weighted by atomic mass is 79.9. The summed E-state index contributed by atoms with van der Waals surface area (Å²) < 4.78 is 1.14. The largest absolute Gasteiger partial charge is 0.388 e. The minimum Gasteiger partial charge on any atom is -0.388 e. The summed E-state index contributed by atoms with van der Waals surface area (Å²) in [6, 6.07) is 5.94. The first kappa shape index (κ1) is 14.4. The maximum atomic E-state index is 5.58. The van der Waals surface area contributed by atoms with Crippen LogP contribution in [0.15, 0.2) is 22.0 Å². The first-order chi connectivity index (χ1) is 9.04. The van der Waals surface area contributed by atoms with Gasteiger partial charge in [-0.15, -0.1) is 11.3 Å². The van der Waals surface area contributed by atoms with Crippen molar-refractivity contribution in [3.05, 3.63) is 38.3 Å². The highest BCUT2D eigenvalue weighted by Gasteiger charge is 2.04. The topological polar surface area (TPSA) is 63.8 Å². The van der Waals surface area contributed by atoms with Crippen LogP contribution in [-0.4, -0.2) is 21.5 Å². The van der Waals surface area contributed by atoms with Crippen molar-refractivity contribution < 1.29 is 0 Å². The van der Waals surface area contributed by atoms with Crippen molar-refractivity contribution in [3.8, 4) is 0 Å². The number of anilines is 1. The fraction of sp³-hybridized carbons (Fsp3) is 0.250. The Hall–Kier alpha value is -1.05. The fourth-order valence-electron chi connectivity index (χ4n) is 1.56. The monoisotopic (exact) mass is 356 g/mol. The standard InChI is InChI=1S/C12H13BrN4S2/c1-7-6-9(11(14)18)17-12(16-7)15-5-4-8-2-3-10(13)19-8/h2-3,6H,4-5H2,1H3,(H2,14,18)(H,15,16,17). The van der Waals surface area contributed by atoms with Crippen LogP contribution in [0.4, 0.5) is 5.95 Å². The SMILES string of the molecule is Cc1cc(C(N)=S)nc(NCCc2ccc(Br)s2)n1. The van der Waals surface area contributed by atoms with Gasteiger partial charge in [-0.2, -0.15) is 0 Å². The summed E-state index contributed by atoms with van der Waals surface area (Å²) in [5.41, 5.74) is 7.03. The van der Waals surface area contributed by atoms with E-state index in [9.17, 15) is 0 Å². The molecular weight excluding hydrogens is 344 g/mol. The van der Waals surface area contributed by atoms with Crippen LogP contribution in [0.1, 0.15) is 16.3 Å². The van der Waals surface area contributed by atoms with Gasteiger partial charge in [-0.05, 0) is 47.5 Å². The van der Waals surface area contributed by atoms with Gasteiger partial charge < -0.3 is 11.1 Å². The van der Waals surface area contributed by atoms with Crippen molar-refractivity contribution >= 4 is 50.4 Å². The highest BCUT2D eigenvalue weighted by Crippen LogP contribution is 2.22. The van der Waals surface area contributed by atoms with Crippen LogP contribution in [0.2, 0.25) is 0 Å². The zero-order chi connectivity index (χ0) is 13.8. The molecule has 7 heteroatoms. The summed E-state index contributed by atoms with van der Waals surface area (Å²) in [5.74, 6) is 0.568. The van der Waals surface area contributed by atoms with E-state index >= 15 is 0 Å². The maximum Gasteiger partial charge on any atom is 0.223 e. The van der Waals surface area contributed by atoms with Crippen molar-refractivity contribution in [2.45, 2.75) is 13.3 Å². The fourth-order valence-corrected chi connectivity index (χ4v) is 3.14. The second-order valence-electron chi connectivity index (χ2n) is 3.97. The van der Waals surface area contributed by atoms with Gasteiger partial charge in [0.25, 0.3) is 0 Å². The van der Waals surface area contributed by atoms with E-state index in [1.54, 1.807) is 17.4 Å². The van der Waals surface area contributed by atoms with Gasteiger partial charge in [0.1, 0.15) is 10.7 Å². The Morgan fingerprint density at radius 3 is 2.89 bits per heavy atom. The molecule has 0 amide bonds. The Bertz CT molecular complexity index is 597. The van der Waals surface area contributed by atoms with Crippen LogP contribution in [-0.2, 0) is 6.42 Å². The Morgan fingerprint density at radius 2 is 2.26 bits per heavy atom. The molecule has 2 aromatic rings. The quantitative estimate of drug-likeness (QED) is 0.806. The smallest absolute Gasteiger partial charge is 0.223 e. The predicted molar refractivity (Wildman–Crippen MR) is 86.9 cm³/mol. The van der Waals surface area contributed by atoms with Crippen LogP contribution in [0.25, 0.3) is 0 Å². The van der Waals surface area contributed by atoms with Crippen LogP contribution < -0.4 is 11.1 Å². The number of nitrogens with zero attached hydrogens (tertiary/aromatic N) is 2. The van der Waals surface area contributed by atoms with Gasteiger partial charge in [-0.25, -0.2) is 9.97 Å². The van der Waals surface area contributed by atoms with E-state index in [0.717, 1.165) is 22.4 Å². The Labute approximate surface area is 129 Å². The van der Waals surface area contributed by atoms with E-state index in [0.29, 0.717) is 11.6 Å². The molecule has 3 N–H and O–H groups in total. The predicted octanol–water partition coefficient (Wildman–Crippen LogP) is 2.90. The number of halogens is 1. The van der Waals surface area contributed by atoms with E-state index in [2.05, 4.69) is 37.3 Å². The van der Waals surface area contributed by atoms with Gasteiger partial charge in [-0.1, -0.05) is 12.2 Å². The van der Waals surface area contributed by atoms with Crippen LogP contribution in [0, 0.1) is 6.92 Å². The third-order valence-corrected chi connectivity index (χ3v) is 4.28. The third-order valence-electron chi connectivity index (χ3n) is 2.39. The number of nitrogens with one attached hydrogen (secondary N) is 1. The van der Waals surface area contributed by atoms with Crippen LogP contribution >= 0.6 is 39.5 Å². The Morgan fingerprint density at radius 1 is 1.47 bits per heavy atom. The van der Waals surface area contributed by atoms with E-state index in [1.165, 1.54) is 4.88 Å². The van der Waals surface area contributed by atoms with Crippen molar-refractivity contribution in [3.63, 3.8) is 0 Å². The van der Waals surface area contributed by atoms with E-state index in [1.807, 2.05) is 13.0 Å². The molecule has 0 radical (unpaired) electrons. The van der Waals surface area contributed by atoms with Gasteiger partial charge in [0.15, 0.2) is 0 Å². The zero-order valence-corrected chi connectivity index (χ0v) is 13.5. The van der Waals surface area contributed by atoms with Gasteiger partial charge in [-0.3, -0.25) is 0 Å². The van der Waals surface area contributed by atoms with Crippen molar-refractivity contribution in [2.75, 3.05) is 11.9 Å². The van der Waals surface area contributed by atoms with Crippen molar-refractivity contribution in [2.24, 2.45) is 5.73 Å². The van der Waals surface area contributed by atoms with E-state index < -0.39 is 0 Å². The maximum absolute atomic E-state index is 5.58. The molecule has 0 aliphatic rings. The molecule has 0 aromatic carbocycles. The number of hydrogen-bond donors (Lipinski definition) is 2. The molecule has 0 unspecified atom stereocenters. The summed E-state index contributed by atoms with van der Waals surface area (Å²) in [6.07, 6.45) is 0.927. The first-order valence-corrected chi connectivity index (χ1v) is 7.70. The molecule has 2 rings (SSSR count). The number of thiocarbonyl (C=S) groups is 1. The number of rotatable bonds is 5. The first-order valence-electron chi connectivity index (χ1n) is 5.68. The lowest BCUT2D eigenvalue weighted by Gasteiger charge is -2.06. The van der Waals surface area contributed by atoms with Crippen LogP contribution in [0.3, 0.4) is 0 Å². The number of aryl methyl sites for hydroxylation is 1. The Balaban J connectivity index is 1.97. The summed E-state index contributed by atoms with van der Waals surface area (Å²) in [5, 5.41) is 3.19. The molecule has 0 saturated carbocycles. The molecule has 0 aliphatic carbocycles.